The van der Waals surface area contributed by atoms with Gasteiger partial charge >= 0.3 is 6.18 Å². The maximum atomic E-state index is 12.4. The Balaban J connectivity index is 3.14. The Morgan fingerprint density at radius 3 is 2.25 bits per heavy atom. The summed E-state index contributed by atoms with van der Waals surface area (Å²) in [7, 11) is 2.69. The second kappa shape index (κ2) is 4.61. The summed E-state index contributed by atoms with van der Waals surface area (Å²) in [5.74, 6) is 0.471. The molecule has 0 amide bonds. The van der Waals surface area contributed by atoms with Crippen molar-refractivity contribution < 1.29 is 22.6 Å². The van der Waals surface area contributed by atoms with Gasteiger partial charge in [0.1, 0.15) is 17.5 Å². The summed E-state index contributed by atoms with van der Waals surface area (Å²) in [6, 6.07) is 1.95. The zero-order chi connectivity index (χ0) is 12.3. The molecule has 0 bridgehead atoms. The number of ether oxygens (including phenoxy) is 2. The summed E-state index contributed by atoms with van der Waals surface area (Å²) in [6.07, 6.45) is -4.50. The molecule has 1 atom stereocenters. The summed E-state index contributed by atoms with van der Waals surface area (Å²) < 4.78 is 47.0. The van der Waals surface area contributed by atoms with Gasteiger partial charge in [-0.25, -0.2) is 0 Å². The van der Waals surface area contributed by atoms with Gasteiger partial charge < -0.3 is 15.2 Å². The maximum Gasteiger partial charge on any atom is 0.407 e. The van der Waals surface area contributed by atoms with Crippen LogP contribution in [-0.4, -0.2) is 20.4 Å². The molecule has 0 aromatic heterocycles. The molecule has 16 heavy (non-hydrogen) atoms. The SMILES string of the molecule is COc1ccc(C(N)C(F)(F)F)c(OC)c1. The first-order chi connectivity index (χ1) is 7.40. The van der Waals surface area contributed by atoms with Crippen molar-refractivity contribution in [1.82, 2.24) is 0 Å². The van der Waals surface area contributed by atoms with Crippen LogP contribution in [0.3, 0.4) is 0 Å². The zero-order valence-corrected chi connectivity index (χ0v) is 8.84. The second-order valence-corrected chi connectivity index (χ2v) is 3.13. The highest BCUT2D eigenvalue weighted by atomic mass is 19.4. The summed E-state index contributed by atoms with van der Waals surface area (Å²) in [4.78, 5) is 0. The highest BCUT2D eigenvalue weighted by molar-refractivity contribution is 5.42. The highest BCUT2D eigenvalue weighted by Crippen LogP contribution is 2.36. The summed E-state index contributed by atoms with van der Waals surface area (Å²) >= 11 is 0. The van der Waals surface area contributed by atoms with Crippen molar-refractivity contribution in [3.63, 3.8) is 0 Å². The van der Waals surface area contributed by atoms with Crippen LogP contribution in [0.1, 0.15) is 11.6 Å². The number of nitrogens with two attached hydrogens (primary N) is 1. The fourth-order valence-electron chi connectivity index (χ4n) is 1.25. The van der Waals surface area contributed by atoms with Gasteiger partial charge in [-0.3, -0.25) is 0 Å². The molecule has 90 valence electrons. The molecule has 1 aromatic rings. The van der Waals surface area contributed by atoms with Gasteiger partial charge in [0.05, 0.1) is 14.2 Å². The molecule has 1 rings (SSSR count). The van der Waals surface area contributed by atoms with Crippen molar-refractivity contribution >= 4 is 0 Å². The van der Waals surface area contributed by atoms with Crippen LogP contribution in [0, 0.1) is 0 Å². The van der Waals surface area contributed by atoms with Crippen LogP contribution in [0.4, 0.5) is 13.2 Å². The Kier molecular flexibility index (Phi) is 3.64. The number of alkyl halides is 3. The van der Waals surface area contributed by atoms with E-state index in [1.54, 1.807) is 0 Å². The lowest BCUT2D eigenvalue weighted by Gasteiger charge is -2.18. The summed E-state index contributed by atoms with van der Waals surface area (Å²) in [6.45, 7) is 0. The molecule has 0 saturated carbocycles. The van der Waals surface area contributed by atoms with Crippen LogP contribution in [0.15, 0.2) is 18.2 Å². The van der Waals surface area contributed by atoms with E-state index in [-0.39, 0.29) is 11.3 Å². The Morgan fingerprint density at radius 1 is 1.19 bits per heavy atom. The van der Waals surface area contributed by atoms with Crippen LogP contribution < -0.4 is 15.2 Å². The van der Waals surface area contributed by atoms with Gasteiger partial charge in [-0.2, -0.15) is 13.2 Å². The molecule has 3 nitrogen and oxygen atoms in total. The van der Waals surface area contributed by atoms with Crippen molar-refractivity contribution in [1.29, 1.82) is 0 Å². The minimum atomic E-state index is -4.50. The number of rotatable bonds is 3. The quantitative estimate of drug-likeness (QED) is 0.874. The van der Waals surface area contributed by atoms with Gasteiger partial charge in [-0.05, 0) is 12.1 Å². The normalized spacial score (nSPS) is 13.4. The molecular weight excluding hydrogens is 223 g/mol. The summed E-state index contributed by atoms with van der Waals surface area (Å²) in [5, 5.41) is 0. The molecule has 0 aliphatic heterocycles. The Labute approximate surface area is 91.0 Å². The molecule has 2 N–H and O–H groups in total. The van der Waals surface area contributed by atoms with Crippen molar-refractivity contribution in [3.8, 4) is 11.5 Å². The van der Waals surface area contributed by atoms with Gasteiger partial charge in [-0.1, -0.05) is 0 Å². The number of halogens is 3. The topological polar surface area (TPSA) is 44.5 Å². The van der Waals surface area contributed by atoms with E-state index in [9.17, 15) is 13.2 Å². The Hall–Kier alpha value is -1.43. The Bertz CT molecular complexity index is 366. The van der Waals surface area contributed by atoms with Crippen molar-refractivity contribution in [2.75, 3.05) is 14.2 Å². The van der Waals surface area contributed by atoms with E-state index >= 15 is 0 Å². The van der Waals surface area contributed by atoms with Crippen LogP contribution >= 0.6 is 0 Å². The van der Waals surface area contributed by atoms with E-state index in [0.717, 1.165) is 0 Å². The van der Waals surface area contributed by atoms with E-state index in [2.05, 4.69) is 0 Å². The molecule has 0 saturated heterocycles. The first-order valence-electron chi connectivity index (χ1n) is 4.44. The van der Waals surface area contributed by atoms with Gasteiger partial charge in [0, 0.05) is 11.6 Å². The minimum Gasteiger partial charge on any atom is -0.497 e. The number of hydrogen-bond donors (Lipinski definition) is 1. The molecule has 0 aliphatic rings. The zero-order valence-electron chi connectivity index (χ0n) is 8.84. The largest absolute Gasteiger partial charge is 0.497 e. The molecule has 0 spiro atoms. The lowest BCUT2D eigenvalue weighted by atomic mass is 10.1. The lowest BCUT2D eigenvalue weighted by Crippen LogP contribution is -2.28. The molecule has 0 heterocycles. The first-order valence-corrected chi connectivity index (χ1v) is 4.44. The minimum absolute atomic E-state index is 0.0594. The molecule has 1 aromatic carbocycles. The van der Waals surface area contributed by atoms with E-state index in [4.69, 9.17) is 15.2 Å². The van der Waals surface area contributed by atoms with E-state index < -0.39 is 12.2 Å². The number of benzene rings is 1. The smallest absolute Gasteiger partial charge is 0.407 e. The molecule has 0 fully saturated rings. The van der Waals surface area contributed by atoms with Crippen molar-refractivity contribution in [2.45, 2.75) is 12.2 Å². The van der Waals surface area contributed by atoms with E-state index in [0.29, 0.717) is 5.75 Å². The standard InChI is InChI=1S/C10H12F3NO2/c1-15-6-3-4-7(8(5-6)16-2)9(14)10(11,12)13/h3-5,9H,14H2,1-2H3. The number of methoxy groups -OCH3 is 2. The Morgan fingerprint density at radius 2 is 1.81 bits per heavy atom. The van der Waals surface area contributed by atoms with Crippen LogP contribution in [0.5, 0.6) is 11.5 Å². The fourth-order valence-corrected chi connectivity index (χ4v) is 1.25. The van der Waals surface area contributed by atoms with Crippen LogP contribution in [0.2, 0.25) is 0 Å². The predicted molar refractivity (Wildman–Crippen MR) is 52.5 cm³/mol. The average Bonchev–Trinajstić information content (AvgIpc) is 2.26. The molecule has 0 aliphatic carbocycles. The van der Waals surface area contributed by atoms with E-state index in [1.807, 2.05) is 0 Å². The van der Waals surface area contributed by atoms with Crippen LogP contribution in [-0.2, 0) is 0 Å². The third-order valence-electron chi connectivity index (χ3n) is 2.13. The van der Waals surface area contributed by atoms with Crippen LogP contribution in [0.25, 0.3) is 0 Å². The van der Waals surface area contributed by atoms with Gasteiger partial charge in [-0.15, -0.1) is 0 Å². The van der Waals surface area contributed by atoms with Crippen molar-refractivity contribution in [3.05, 3.63) is 23.8 Å². The fraction of sp³-hybridized carbons (Fsp3) is 0.400. The maximum absolute atomic E-state index is 12.4. The third kappa shape index (κ3) is 2.57. The van der Waals surface area contributed by atoms with Gasteiger partial charge in [0.25, 0.3) is 0 Å². The number of hydrogen-bond acceptors (Lipinski definition) is 3. The third-order valence-corrected chi connectivity index (χ3v) is 2.13. The monoisotopic (exact) mass is 235 g/mol. The molecule has 6 heteroatoms. The lowest BCUT2D eigenvalue weighted by molar-refractivity contribution is -0.149. The van der Waals surface area contributed by atoms with Gasteiger partial charge in [0.15, 0.2) is 0 Å². The second-order valence-electron chi connectivity index (χ2n) is 3.13. The summed E-state index contributed by atoms with van der Waals surface area (Å²) in [5.41, 5.74) is 4.98. The highest BCUT2D eigenvalue weighted by Gasteiger charge is 2.39. The molecular formula is C10H12F3NO2. The molecule has 1 unspecified atom stereocenters. The van der Waals surface area contributed by atoms with Crippen molar-refractivity contribution in [2.24, 2.45) is 5.73 Å². The average molecular weight is 235 g/mol. The molecule has 0 radical (unpaired) electrons. The predicted octanol–water partition coefficient (Wildman–Crippen LogP) is 2.27. The first kappa shape index (κ1) is 12.6. The van der Waals surface area contributed by atoms with E-state index in [1.165, 1.54) is 32.4 Å². The van der Waals surface area contributed by atoms with Gasteiger partial charge in [0.2, 0.25) is 0 Å².